The molecule has 41 heavy (non-hydrogen) atoms. The van der Waals surface area contributed by atoms with Crippen LogP contribution in [-0.4, -0.2) is 93.7 Å². The number of alkyl carbamates (subject to hydrolysis) is 1. The van der Waals surface area contributed by atoms with E-state index in [1.807, 2.05) is 7.05 Å². The number of amides is 4. The average molecular weight is 586 g/mol. The summed E-state index contributed by atoms with van der Waals surface area (Å²) in [7, 11) is 3.26. The van der Waals surface area contributed by atoms with Gasteiger partial charge in [0.05, 0.1) is 13.7 Å². The van der Waals surface area contributed by atoms with Crippen LogP contribution in [0.15, 0.2) is 0 Å². The maximum atomic E-state index is 12.8. The van der Waals surface area contributed by atoms with Crippen molar-refractivity contribution in [2.45, 2.75) is 103 Å². The van der Waals surface area contributed by atoms with Crippen LogP contribution in [0, 0.1) is 0 Å². The van der Waals surface area contributed by atoms with E-state index in [0.717, 1.165) is 64.3 Å². The van der Waals surface area contributed by atoms with Crippen LogP contribution in [0.2, 0.25) is 0 Å². The maximum absolute atomic E-state index is 12.8. The van der Waals surface area contributed by atoms with Gasteiger partial charge in [-0.2, -0.15) is 0 Å². The van der Waals surface area contributed by atoms with E-state index in [9.17, 15) is 24.0 Å². The van der Waals surface area contributed by atoms with E-state index in [-0.39, 0.29) is 43.3 Å². The normalized spacial score (nSPS) is 11.0. The number of ether oxygens (including phenoxy) is 2. The van der Waals surface area contributed by atoms with E-state index < -0.39 is 11.7 Å². The first-order valence-electron chi connectivity index (χ1n) is 15.0. The lowest BCUT2D eigenvalue weighted by molar-refractivity contribution is -0.140. The predicted molar refractivity (Wildman–Crippen MR) is 158 cm³/mol. The number of unbranched alkanes of at least 4 members (excludes halogenated alkanes) is 6. The molecule has 4 N–H and O–H groups in total. The standard InChI is InChI=1S/C29H55N5O7/c1-29(2,3)41-28(39)33-21-22-34(26(37)16-10-7-12-18-30-4)23-25(36)32-20-13-6-9-15-24(35)31-19-14-8-11-17-27(38)40-5/h30H,6-23H2,1-5H3,(H,31,35)(H,32,36)(H,33,39). The third-order valence-electron chi connectivity index (χ3n) is 6.06. The van der Waals surface area contributed by atoms with Crippen molar-refractivity contribution in [2.75, 3.05) is 53.4 Å². The zero-order chi connectivity index (χ0) is 30.9. The van der Waals surface area contributed by atoms with Gasteiger partial charge in [0.1, 0.15) is 5.60 Å². The smallest absolute Gasteiger partial charge is 0.407 e. The minimum atomic E-state index is -0.621. The van der Waals surface area contributed by atoms with Crippen LogP contribution >= 0.6 is 0 Å². The van der Waals surface area contributed by atoms with Crippen molar-refractivity contribution in [1.82, 2.24) is 26.2 Å². The molecule has 0 unspecified atom stereocenters. The number of carbonyl (C=O) groups is 5. The molecule has 0 aliphatic rings. The molecular weight excluding hydrogens is 530 g/mol. The Hall–Kier alpha value is -2.89. The quantitative estimate of drug-likeness (QED) is 0.105. The predicted octanol–water partition coefficient (Wildman–Crippen LogP) is 2.65. The fourth-order valence-corrected chi connectivity index (χ4v) is 3.85. The first-order chi connectivity index (χ1) is 19.5. The van der Waals surface area contributed by atoms with Crippen LogP contribution in [0.25, 0.3) is 0 Å². The number of hydrogen-bond acceptors (Lipinski definition) is 8. The van der Waals surface area contributed by atoms with Crippen molar-refractivity contribution in [3.63, 3.8) is 0 Å². The summed E-state index contributed by atoms with van der Waals surface area (Å²) < 4.78 is 9.83. The molecule has 12 heteroatoms. The Morgan fingerprint density at radius 1 is 0.659 bits per heavy atom. The van der Waals surface area contributed by atoms with Gasteiger partial charge in [0, 0.05) is 45.4 Å². The second-order valence-electron chi connectivity index (χ2n) is 11.1. The summed E-state index contributed by atoms with van der Waals surface area (Å²) in [6.45, 7) is 7.58. The Balaban J connectivity index is 4.27. The molecule has 0 aliphatic heterocycles. The molecule has 0 aromatic carbocycles. The highest BCUT2D eigenvalue weighted by molar-refractivity contribution is 5.84. The number of carbonyl (C=O) groups excluding carboxylic acids is 5. The van der Waals surface area contributed by atoms with Crippen LogP contribution in [0.5, 0.6) is 0 Å². The molecule has 4 amide bonds. The minimum absolute atomic E-state index is 0.00195. The second kappa shape index (κ2) is 23.8. The summed E-state index contributed by atoms with van der Waals surface area (Å²) in [4.78, 5) is 61.7. The number of methoxy groups -OCH3 is 1. The van der Waals surface area contributed by atoms with Crippen molar-refractivity contribution in [2.24, 2.45) is 0 Å². The molecule has 0 rings (SSSR count). The summed E-state index contributed by atoms with van der Waals surface area (Å²) in [5.74, 6) is -0.585. The van der Waals surface area contributed by atoms with Gasteiger partial charge in [-0.25, -0.2) is 4.79 Å². The van der Waals surface area contributed by atoms with Crippen LogP contribution in [0.3, 0.4) is 0 Å². The highest BCUT2D eigenvalue weighted by atomic mass is 16.6. The summed E-state index contributed by atoms with van der Waals surface area (Å²) in [5.41, 5.74) is -0.621. The number of nitrogens with one attached hydrogen (secondary N) is 4. The average Bonchev–Trinajstić information content (AvgIpc) is 2.90. The molecule has 238 valence electrons. The van der Waals surface area contributed by atoms with E-state index >= 15 is 0 Å². The molecule has 0 heterocycles. The first kappa shape index (κ1) is 38.1. The Bertz CT molecular complexity index is 771. The molecule has 0 saturated carbocycles. The molecule has 0 bridgehead atoms. The van der Waals surface area contributed by atoms with Crippen molar-refractivity contribution in [3.8, 4) is 0 Å². The summed E-state index contributed by atoms with van der Waals surface area (Å²) in [6, 6.07) is 0. The monoisotopic (exact) mass is 585 g/mol. The molecule has 0 radical (unpaired) electrons. The van der Waals surface area contributed by atoms with Crippen molar-refractivity contribution >= 4 is 29.8 Å². The Labute approximate surface area is 246 Å². The van der Waals surface area contributed by atoms with E-state index in [4.69, 9.17) is 4.74 Å². The van der Waals surface area contributed by atoms with E-state index in [1.165, 1.54) is 12.0 Å². The second-order valence-corrected chi connectivity index (χ2v) is 11.1. The van der Waals surface area contributed by atoms with Crippen molar-refractivity contribution in [1.29, 1.82) is 0 Å². The number of nitrogens with zero attached hydrogens (tertiary/aromatic N) is 1. The fraction of sp³-hybridized carbons (Fsp3) is 0.828. The zero-order valence-electron chi connectivity index (χ0n) is 26.0. The van der Waals surface area contributed by atoms with Crippen molar-refractivity contribution < 1.29 is 33.4 Å². The third kappa shape index (κ3) is 24.6. The number of hydrogen-bond donors (Lipinski definition) is 4. The zero-order valence-corrected chi connectivity index (χ0v) is 26.0. The van der Waals surface area contributed by atoms with Gasteiger partial charge in [-0.1, -0.05) is 19.3 Å². The minimum Gasteiger partial charge on any atom is -0.469 e. The Morgan fingerprint density at radius 3 is 1.80 bits per heavy atom. The largest absolute Gasteiger partial charge is 0.469 e. The van der Waals surface area contributed by atoms with Crippen LogP contribution < -0.4 is 21.3 Å². The van der Waals surface area contributed by atoms with Gasteiger partial charge < -0.3 is 35.6 Å². The molecule has 0 saturated heterocycles. The van der Waals surface area contributed by atoms with Gasteiger partial charge in [0.25, 0.3) is 0 Å². The number of rotatable bonds is 23. The summed E-state index contributed by atoms with van der Waals surface area (Å²) >= 11 is 0. The highest BCUT2D eigenvalue weighted by Gasteiger charge is 2.19. The van der Waals surface area contributed by atoms with Crippen LogP contribution in [-0.2, 0) is 28.7 Å². The molecule has 0 aromatic rings. The fourth-order valence-electron chi connectivity index (χ4n) is 3.85. The summed E-state index contributed by atoms with van der Waals surface area (Å²) in [6.07, 6.45) is 7.91. The lowest BCUT2D eigenvalue weighted by Gasteiger charge is -2.24. The van der Waals surface area contributed by atoms with Crippen molar-refractivity contribution in [3.05, 3.63) is 0 Å². The van der Waals surface area contributed by atoms with E-state index in [0.29, 0.717) is 32.4 Å². The van der Waals surface area contributed by atoms with Crippen LogP contribution in [0.4, 0.5) is 4.79 Å². The van der Waals surface area contributed by atoms with Crippen LogP contribution in [0.1, 0.15) is 97.8 Å². The molecule has 0 atom stereocenters. The Kier molecular flexibility index (Phi) is 22.1. The number of esters is 1. The lowest BCUT2D eigenvalue weighted by atomic mass is 10.1. The maximum Gasteiger partial charge on any atom is 0.407 e. The molecule has 0 fully saturated rings. The van der Waals surface area contributed by atoms with Gasteiger partial charge in [-0.15, -0.1) is 0 Å². The van der Waals surface area contributed by atoms with E-state index in [1.54, 1.807) is 20.8 Å². The SMILES string of the molecule is CNCCCCCC(=O)N(CCNC(=O)OC(C)(C)C)CC(=O)NCCCCCC(=O)NCCCCCC(=O)OC. The van der Waals surface area contributed by atoms with Gasteiger partial charge in [-0.05, 0) is 72.9 Å². The van der Waals surface area contributed by atoms with Gasteiger partial charge in [0.15, 0.2) is 0 Å². The Morgan fingerprint density at radius 2 is 1.22 bits per heavy atom. The highest BCUT2D eigenvalue weighted by Crippen LogP contribution is 2.07. The lowest BCUT2D eigenvalue weighted by Crippen LogP contribution is -2.45. The van der Waals surface area contributed by atoms with Gasteiger partial charge in [-0.3, -0.25) is 19.2 Å². The molecule has 0 aliphatic carbocycles. The molecule has 12 nitrogen and oxygen atoms in total. The van der Waals surface area contributed by atoms with Gasteiger partial charge in [0.2, 0.25) is 17.7 Å². The molecular formula is C29H55N5O7. The molecule has 0 aromatic heterocycles. The van der Waals surface area contributed by atoms with Gasteiger partial charge >= 0.3 is 12.1 Å². The summed E-state index contributed by atoms with van der Waals surface area (Å²) in [5, 5.41) is 11.5. The third-order valence-corrected chi connectivity index (χ3v) is 6.06. The first-order valence-corrected chi connectivity index (χ1v) is 15.0. The molecule has 0 spiro atoms. The topological polar surface area (TPSA) is 155 Å². The van der Waals surface area contributed by atoms with E-state index in [2.05, 4.69) is 26.0 Å².